The number of hydrogen-bond donors (Lipinski definition) is 0. The summed E-state index contributed by atoms with van der Waals surface area (Å²) in [4.78, 5) is 18.6. The molecule has 3 aliphatic rings. The van der Waals surface area contributed by atoms with Gasteiger partial charge in [0.05, 0.1) is 5.71 Å². The number of fused-ring (bicyclic) bond motifs is 5. The van der Waals surface area contributed by atoms with E-state index < -0.39 is 5.97 Å². The fourth-order valence-corrected chi connectivity index (χ4v) is 6.42. The van der Waals surface area contributed by atoms with Gasteiger partial charge in [0, 0.05) is 41.6 Å². The molecule has 36 heavy (non-hydrogen) atoms. The van der Waals surface area contributed by atoms with Crippen molar-refractivity contribution >= 4 is 23.1 Å². The molecule has 0 radical (unpaired) electrons. The van der Waals surface area contributed by atoms with E-state index in [1.165, 1.54) is 51.7 Å². The minimum atomic E-state index is -0.416. The van der Waals surface area contributed by atoms with Crippen molar-refractivity contribution in [3.8, 4) is 0 Å². The number of anilines is 2. The number of carbonyl (C=O) groups is 1. The number of benzene rings is 2. The van der Waals surface area contributed by atoms with Crippen LogP contribution in [0.1, 0.15) is 88.6 Å². The van der Waals surface area contributed by atoms with Crippen molar-refractivity contribution in [3.05, 3.63) is 94.1 Å². The maximum Gasteiger partial charge on any atom is 0.331 e. The van der Waals surface area contributed by atoms with Gasteiger partial charge in [0.2, 0.25) is 0 Å². The van der Waals surface area contributed by atoms with Crippen molar-refractivity contribution in [2.24, 2.45) is 5.16 Å². The molecular weight excluding hydrogens is 444 g/mol. The van der Waals surface area contributed by atoms with Crippen LogP contribution in [0.25, 0.3) is 0 Å². The van der Waals surface area contributed by atoms with E-state index in [9.17, 15) is 4.79 Å². The van der Waals surface area contributed by atoms with E-state index in [0.29, 0.717) is 11.6 Å². The van der Waals surface area contributed by atoms with Crippen LogP contribution in [0.15, 0.2) is 71.4 Å². The Labute approximate surface area is 215 Å². The van der Waals surface area contributed by atoms with E-state index in [1.54, 1.807) is 0 Å². The van der Waals surface area contributed by atoms with Gasteiger partial charge in [0.15, 0.2) is 0 Å². The minimum absolute atomic E-state index is 0.155. The Hall–Kier alpha value is -3.40. The molecule has 1 heterocycles. The summed E-state index contributed by atoms with van der Waals surface area (Å²) in [6.07, 6.45) is 7.85. The molecule has 5 rings (SSSR count). The molecule has 2 aromatic carbocycles. The van der Waals surface area contributed by atoms with Crippen molar-refractivity contribution in [1.29, 1.82) is 0 Å². The lowest BCUT2D eigenvalue weighted by atomic mass is 9.70. The Kier molecular flexibility index (Phi) is 5.62. The lowest BCUT2D eigenvalue weighted by Crippen LogP contribution is -2.34. The number of oxime groups is 1. The molecule has 1 aliphatic heterocycles. The number of allylic oxidation sites excluding steroid dienone is 5. The van der Waals surface area contributed by atoms with Crippen LogP contribution in [0.5, 0.6) is 0 Å². The van der Waals surface area contributed by atoms with Crippen LogP contribution in [0.2, 0.25) is 0 Å². The Morgan fingerprint density at radius 3 is 2.47 bits per heavy atom. The van der Waals surface area contributed by atoms with Crippen LogP contribution in [-0.2, 0) is 20.5 Å². The maximum atomic E-state index is 11.3. The van der Waals surface area contributed by atoms with Crippen molar-refractivity contribution < 1.29 is 9.63 Å². The summed E-state index contributed by atoms with van der Waals surface area (Å²) in [5.74, 6) is -0.0194. The minimum Gasteiger partial charge on any atom is -0.341 e. The van der Waals surface area contributed by atoms with Gasteiger partial charge in [-0.15, -0.1) is 0 Å². The fourth-order valence-electron chi connectivity index (χ4n) is 6.42. The van der Waals surface area contributed by atoms with Gasteiger partial charge in [-0.2, -0.15) is 0 Å². The van der Waals surface area contributed by atoms with Crippen molar-refractivity contribution in [3.63, 3.8) is 0 Å². The first-order valence-electron chi connectivity index (χ1n) is 12.9. The summed E-state index contributed by atoms with van der Waals surface area (Å²) in [5.41, 5.74) is 11.9. The third kappa shape index (κ3) is 3.34. The highest BCUT2D eigenvalue weighted by Crippen LogP contribution is 2.59. The number of carbonyl (C=O) groups excluding carboxylic acids is 1. The summed E-state index contributed by atoms with van der Waals surface area (Å²) >= 11 is 0. The molecule has 2 aromatic rings. The third-order valence-electron chi connectivity index (χ3n) is 8.64. The van der Waals surface area contributed by atoms with Crippen molar-refractivity contribution in [2.45, 2.75) is 71.6 Å². The summed E-state index contributed by atoms with van der Waals surface area (Å²) in [6, 6.07) is 11.4. The van der Waals surface area contributed by atoms with Crippen molar-refractivity contribution in [1.82, 2.24) is 0 Å². The maximum absolute atomic E-state index is 11.3. The molecule has 4 heteroatoms. The zero-order chi connectivity index (χ0) is 26.0. The molecule has 0 spiro atoms. The Balaban J connectivity index is 1.71. The highest BCUT2D eigenvalue weighted by molar-refractivity contribution is 5.99. The van der Waals surface area contributed by atoms with Gasteiger partial charge in [-0.05, 0) is 85.7 Å². The average molecular weight is 481 g/mol. The van der Waals surface area contributed by atoms with Gasteiger partial charge in [0.1, 0.15) is 0 Å². The van der Waals surface area contributed by atoms with E-state index in [4.69, 9.17) is 4.84 Å². The van der Waals surface area contributed by atoms with E-state index >= 15 is 0 Å². The molecule has 4 nitrogen and oxygen atoms in total. The zero-order valence-electron chi connectivity index (χ0n) is 22.5. The smallest absolute Gasteiger partial charge is 0.331 e. The molecule has 186 valence electrons. The second kappa shape index (κ2) is 8.33. The van der Waals surface area contributed by atoms with Crippen LogP contribution in [0.3, 0.4) is 0 Å². The largest absolute Gasteiger partial charge is 0.341 e. The van der Waals surface area contributed by atoms with E-state index in [2.05, 4.69) is 99.8 Å². The zero-order valence-corrected chi connectivity index (χ0v) is 22.5. The number of hydrogen-bond acceptors (Lipinski definition) is 4. The highest BCUT2D eigenvalue weighted by Gasteiger charge is 2.47. The first kappa shape index (κ1) is 24.3. The molecule has 0 N–H and O–H groups in total. The molecule has 2 unspecified atom stereocenters. The van der Waals surface area contributed by atoms with Crippen LogP contribution in [-0.4, -0.2) is 18.2 Å². The van der Waals surface area contributed by atoms with Crippen molar-refractivity contribution in [2.75, 3.05) is 11.4 Å². The fraction of sp³-hybridized carbons (Fsp3) is 0.375. The summed E-state index contributed by atoms with van der Waals surface area (Å²) < 4.78 is 0. The predicted molar refractivity (Wildman–Crippen MR) is 148 cm³/mol. The predicted octanol–water partition coefficient (Wildman–Crippen LogP) is 7.59. The van der Waals surface area contributed by atoms with Crippen LogP contribution < -0.4 is 4.90 Å². The lowest BCUT2D eigenvalue weighted by Gasteiger charge is -2.43. The molecule has 0 amide bonds. The molecule has 2 aliphatic carbocycles. The first-order chi connectivity index (χ1) is 17.0. The van der Waals surface area contributed by atoms with Gasteiger partial charge < -0.3 is 9.74 Å². The molecule has 0 fully saturated rings. The van der Waals surface area contributed by atoms with Gasteiger partial charge in [0.25, 0.3) is 0 Å². The summed E-state index contributed by atoms with van der Waals surface area (Å²) in [6.45, 7) is 19.9. The van der Waals surface area contributed by atoms with Gasteiger partial charge >= 0.3 is 5.97 Å². The molecule has 0 bridgehead atoms. The average Bonchev–Trinajstić information content (AvgIpc) is 3.11. The Morgan fingerprint density at radius 2 is 1.81 bits per heavy atom. The van der Waals surface area contributed by atoms with E-state index in [-0.39, 0.29) is 10.8 Å². The second-order valence-corrected chi connectivity index (χ2v) is 11.1. The van der Waals surface area contributed by atoms with Crippen LogP contribution >= 0.6 is 0 Å². The van der Waals surface area contributed by atoms with Crippen LogP contribution in [0, 0.1) is 0 Å². The lowest BCUT2D eigenvalue weighted by molar-refractivity contribution is -0.140. The van der Waals surface area contributed by atoms with Gasteiger partial charge in [-0.1, -0.05) is 61.5 Å². The monoisotopic (exact) mass is 480 g/mol. The van der Waals surface area contributed by atoms with Gasteiger partial charge in [-0.3, -0.25) is 0 Å². The quantitative estimate of drug-likeness (QED) is 0.196. The van der Waals surface area contributed by atoms with Gasteiger partial charge in [-0.25, -0.2) is 4.79 Å². The highest BCUT2D eigenvalue weighted by atomic mass is 16.7. The number of nitrogens with zero attached hydrogens (tertiary/aromatic N) is 2. The van der Waals surface area contributed by atoms with E-state index in [0.717, 1.165) is 18.5 Å². The molecular formula is C32H36N2O2. The summed E-state index contributed by atoms with van der Waals surface area (Å²) in [5, 5.41) is 4.03. The third-order valence-corrected chi connectivity index (χ3v) is 8.64. The second-order valence-electron chi connectivity index (χ2n) is 11.1. The Morgan fingerprint density at radius 1 is 1.08 bits per heavy atom. The van der Waals surface area contributed by atoms with Crippen LogP contribution in [0.4, 0.5) is 11.4 Å². The van der Waals surface area contributed by atoms with E-state index in [1.807, 2.05) is 6.92 Å². The normalized spacial score (nSPS) is 23.3. The molecule has 0 saturated carbocycles. The molecule has 2 atom stereocenters. The SMILES string of the molecule is C=C(C)C1(C)C2=CC=CCC2c2cc3c(cc21)N(CC)c1ccc(C(C)=NOC(C)=O)cc1C3(C)C. The standard InChI is InChI=1S/C32H36N2O2/c1-9-34-29-15-14-22(20(4)33-36-21(5)35)16-27(29)31(6,7)28-17-24-23-12-10-11-13-25(23)32(8,19(2)3)26(24)18-30(28)34/h10-11,13-18,23H,2,9,12H2,1,3-8H3. The molecule has 0 aromatic heterocycles. The first-order valence-corrected chi connectivity index (χ1v) is 12.9. The Bertz CT molecular complexity index is 1390. The topological polar surface area (TPSA) is 41.9 Å². The summed E-state index contributed by atoms with van der Waals surface area (Å²) in [7, 11) is 0. The molecule has 0 saturated heterocycles. The number of rotatable bonds is 4.